The number of hydrogen-bond acceptors (Lipinski definition) is 3. The average Bonchev–Trinajstić information content (AvgIpc) is 2.47. The van der Waals surface area contributed by atoms with E-state index in [4.69, 9.17) is 17.4 Å². The molecule has 0 aliphatic rings. The Morgan fingerprint density at radius 3 is 2.71 bits per heavy atom. The maximum absolute atomic E-state index is 13.2. The van der Waals surface area contributed by atoms with Crippen LogP contribution in [0.25, 0.3) is 0 Å². The topological polar surface area (TPSA) is 67.2 Å². The summed E-state index contributed by atoms with van der Waals surface area (Å²) in [6.07, 6.45) is 0. The van der Waals surface area contributed by atoms with Gasteiger partial charge in [-0.25, -0.2) is 4.39 Å². The molecule has 1 atom stereocenters. The molecule has 0 saturated heterocycles. The summed E-state index contributed by atoms with van der Waals surface area (Å²) >= 11 is 5.89. The second-order valence-electron chi connectivity index (χ2n) is 4.58. The first-order chi connectivity index (χ1) is 10.0. The first-order valence-electron chi connectivity index (χ1n) is 6.33. The summed E-state index contributed by atoms with van der Waals surface area (Å²) in [6.45, 7) is 1.77. The molecule has 0 aliphatic carbocycles. The number of hydrogen-bond donors (Lipinski definition) is 3. The van der Waals surface area contributed by atoms with Crippen LogP contribution in [0.15, 0.2) is 42.5 Å². The molecule has 1 amide bonds. The zero-order valence-electron chi connectivity index (χ0n) is 11.4. The summed E-state index contributed by atoms with van der Waals surface area (Å²) in [5, 5.41) is 3.21. The van der Waals surface area contributed by atoms with Gasteiger partial charge in [-0.2, -0.15) is 0 Å². The fraction of sp³-hybridized carbons (Fsp3) is 0.133. The molecule has 6 heteroatoms. The Morgan fingerprint density at radius 2 is 2.05 bits per heavy atom. The first-order valence-corrected chi connectivity index (χ1v) is 6.71. The molecule has 0 spiro atoms. The molecule has 0 aromatic heterocycles. The van der Waals surface area contributed by atoms with Gasteiger partial charge in [0.15, 0.2) is 0 Å². The molecule has 0 bridgehead atoms. The van der Waals surface area contributed by atoms with Crippen molar-refractivity contribution in [1.29, 1.82) is 0 Å². The molecule has 0 heterocycles. The van der Waals surface area contributed by atoms with Crippen LogP contribution in [-0.2, 0) is 0 Å². The molecule has 1 unspecified atom stereocenters. The third-order valence-electron chi connectivity index (χ3n) is 3.08. The minimum absolute atomic E-state index is 0.327. The molecule has 0 aliphatic heterocycles. The summed E-state index contributed by atoms with van der Waals surface area (Å²) in [4.78, 5) is 12.3. The molecular formula is C15H15ClFN3O. The van der Waals surface area contributed by atoms with E-state index in [0.717, 1.165) is 0 Å². The van der Waals surface area contributed by atoms with E-state index >= 15 is 0 Å². The number of amides is 1. The van der Waals surface area contributed by atoms with Crippen LogP contribution in [0.5, 0.6) is 0 Å². The Balaban J connectivity index is 2.20. The minimum atomic E-state index is -0.349. The molecule has 0 saturated carbocycles. The number of nitrogens with one attached hydrogen (secondary N) is 2. The molecule has 2 aromatic carbocycles. The largest absolute Gasteiger partial charge is 0.345 e. The molecule has 0 radical (unpaired) electrons. The van der Waals surface area contributed by atoms with Gasteiger partial charge in [-0.1, -0.05) is 23.7 Å². The van der Waals surface area contributed by atoms with Gasteiger partial charge in [-0.05, 0) is 42.8 Å². The SMILES string of the molecule is CC(NC(=O)c1cc(Cl)ccc1NN)c1cccc(F)c1. The number of carbonyl (C=O) groups excluding carboxylic acids is 1. The maximum atomic E-state index is 13.2. The maximum Gasteiger partial charge on any atom is 0.253 e. The molecule has 0 fully saturated rings. The van der Waals surface area contributed by atoms with Gasteiger partial charge in [0, 0.05) is 5.02 Å². The lowest BCUT2D eigenvalue weighted by atomic mass is 10.1. The standard InChI is InChI=1S/C15H15ClFN3O/c1-9(10-3-2-4-12(17)7-10)19-15(21)13-8-11(16)5-6-14(13)20-18/h2-9,20H,18H2,1H3,(H,19,21). The third-order valence-corrected chi connectivity index (χ3v) is 3.31. The van der Waals surface area contributed by atoms with Crippen molar-refractivity contribution in [2.75, 3.05) is 5.43 Å². The summed E-state index contributed by atoms with van der Waals surface area (Å²) in [7, 11) is 0. The monoisotopic (exact) mass is 307 g/mol. The number of benzene rings is 2. The molecular weight excluding hydrogens is 293 g/mol. The zero-order chi connectivity index (χ0) is 15.4. The molecule has 21 heavy (non-hydrogen) atoms. The minimum Gasteiger partial charge on any atom is -0.345 e. The predicted molar refractivity (Wildman–Crippen MR) is 81.5 cm³/mol. The first kappa shape index (κ1) is 15.3. The molecule has 2 aromatic rings. The fourth-order valence-corrected chi connectivity index (χ4v) is 2.14. The lowest BCUT2D eigenvalue weighted by molar-refractivity contribution is 0.0940. The smallest absolute Gasteiger partial charge is 0.253 e. The van der Waals surface area contributed by atoms with Crippen LogP contribution in [0, 0.1) is 5.82 Å². The van der Waals surface area contributed by atoms with Crippen molar-refractivity contribution >= 4 is 23.2 Å². The lowest BCUT2D eigenvalue weighted by Gasteiger charge is -2.16. The zero-order valence-corrected chi connectivity index (χ0v) is 12.1. The van der Waals surface area contributed by atoms with Gasteiger partial charge in [0.1, 0.15) is 5.82 Å². The highest BCUT2D eigenvalue weighted by molar-refractivity contribution is 6.31. The number of halogens is 2. The Morgan fingerprint density at radius 1 is 1.29 bits per heavy atom. The average molecular weight is 308 g/mol. The van der Waals surface area contributed by atoms with Gasteiger partial charge in [0.25, 0.3) is 5.91 Å². The van der Waals surface area contributed by atoms with E-state index in [0.29, 0.717) is 21.8 Å². The Kier molecular flexibility index (Phi) is 4.77. The van der Waals surface area contributed by atoms with Crippen LogP contribution in [-0.4, -0.2) is 5.91 Å². The predicted octanol–water partition coefficient (Wildman–Crippen LogP) is 3.26. The highest BCUT2D eigenvalue weighted by Crippen LogP contribution is 2.21. The van der Waals surface area contributed by atoms with Gasteiger partial charge in [0.2, 0.25) is 0 Å². The van der Waals surface area contributed by atoms with E-state index in [1.807, 2.05) is 0 Å². The second-order valence-corrected chi connectivity index (χ2v) is 5.02. The highest BCUT2D eigenvalue weighted by Gasteiger charge is 2.15. The normalized spacial score (nSPS) is 11.8. The number of hydrazine groups is 1. The number of nitrogen functional groups attached to an aromatic ring is 1. The van der Waals surface area contributed by atoms with Crippen LogP contribution >= 0.6 is 11.6 Å². The van der Waals surface area contributed by atoms with Crippen molar-refractivity contribution in [2.24, 2.45) is 5.84 Å². The quantitative estimate of drug-likeness (QED) is 0.600. The number of nitrogens with two attached hydrogens (primary N) is 1. The number of anilines is 1. The van der Waals surface area contributed by atoms with Gasteiger partial charge in [-0.3, -0.25) is 10.6 Å². The summed E-state index contributed by atoms with van der Waals surface area (Å²) in [5.74, 6) is 4.69. The fourth-order valence-electron chi connectivity index (χ4n) is 1.96. The van der Waals surface area contributed by atoms with Gasteiger partial charge in [0.05, 0.1) is 17.3 Å². The Bertz CT molecular complexity index is 663. The van der Waals surface area contributed by atoms with E-state index in [9.17, 15) is 9.18 Å². The third kappa shape index (κ3) is 3.71. The van der Waals surface area contributed by atoms with Crippen molar-refractivity contribution < 1.29 is 9.18 Å². The Labute approximate surface area is 127 Å². The second kappa shape index (κ2) is 6.56. The molecule has 4 nitrogen and oxygen atoms in total. The number of carbonyl (C=O) groups is 1. The number of rotatable bonds is 4. The van der Waals surface area contributed by atoms with E-state index in [2.05, 4.69) is 10.7 Å². The van der Waals surface area contributed by atoms with Crippen LogP contribution in [0.2, 0.25) is 5.02 Å². The summed E-state index contributed by atoms with van der Waals surface area (Å²) in [6, 6.07) is 10.5. The summed E-state index contributed by atoms with van der Waals surface area (Å²) in [5.41, 5.74) is 3.91. The van der Waals surface area contributed by atoms with Crippen LogP contribution in [0.4, 0.5) is 10.1 Å². The molecule has 110 valence electrons. The summed E-state index contributed by atoms with van der Waals surface area (Å²) < 4.78 is 13.2. The van der Waals surface area contributed by atoms with Crippen molar-refractivity contribution in [3.05, 3.63) is 64.4 Å². The van der Waals surface area contributed by atoms with Gasteiger partial charge in [-0.15, -0.1) is 0 Å². The van der Waals surface area contributed by atoms with E-state index < -0.39 is 0 Å². The van der Waals surface area contributed by atoms with E-state index in [-0.39, 0.29) is 17.8 Å². The van der Waals surface area contributed by atoms with Gasteiger partial charge >= 0.3 is 0 Å². The van der Waals surface area contributed by atoms with E-state index in [1.165, 1.54) is 18.2 Å². The Hall–Kier alpha value is -2.11. The van der Waals surface area contributed by atoms with Crippen LogP contribution in [0.1, 0.15) is 28.9 Å². The van der Waals surface area contributed by atoms with Crippen LogP contribution < -0.4 is 16.6 Å². The molecule has 4 N–H and O–H groups in total. The van der Waals surface area contributed by atoms with Gasteiger partial charge < -0.3 is 10.7 Å². The van der Waals surface area contributed by atoms with E-state index in [1.54, 1.807) is 31.2 Å². The van der Waals surface area contributed by atoms with Crippen molar-refractivity contribution in [3.8, 4) is 0 Å². The van der Waals surface area contributed by atoms with Crippen molar-refractivity contribution in [3.63, 3.8) is 0 Å². The molecule has 2 rings (SSSR count). The van der Waals surface area contributed by atoms with Crippen LogP contribution in [0.3, 0.4) is 0 Å². The van der Waals surface area contributed by atoms with Crippen molar-refractivity contribution in [2.45, 2.75) is 13.0 Å². The lowest BCUT2D eigenvalue weighted by Crippen LogP contribution is -2.28. The van der Waals surface area contributed by atoms with Crippen molar-refractivity contribution in [1.82, 2.24) is 5.32 Å². The highest BCUT2D eigenvalue weighted by atomic mass is 35.5.